The van der Waals surface area contributed by atoms with E-state index in [9.17, 15) is 10.1 Å². The van der Waals surface area contributed by atoms with E-state index in [0.29, 0.717) is 25.3 Å². The molecule has 2 atom stereocenters. The first-order valence-electron chi connectivity index (χ1n) is 7.61. The van der Waals surface area contributed by atoms with Crippen LogP contribution in [0.5, 0.6) is 0 Å². The molecule has 0 spiro atoms. The smallest absolute Gasteiger partial charge is 0.219 e. The van der Waals surface area contributed by atoms with Crippen LogP contribution in [0.25, 0.3) is 0 Å². The van der Waals surface area contributed by atoms with Crippen molar-refractivity contribution in [3.05, 3.63) is 23.4 Å². The highest BCUT2D eigenvalue weighted by atomic mass is 16.5. The predicted molar refractivity (Wildman–Crippen MR) is 81.4 cm³/mol. The second kappa shape index (κ2) is 5.93. The Bertz CT molecular complexity index is 625. The molecule has 116 valence electrons. The highest BCUT2D eigenvalue weighted by Crippen LogP contribution is 2.27. The summed E-state index contributed by atoms with van der Waals surface area (Å²) in [5.74, 6) is 0.799. The third-order valence-corrected chi connectivity index (χ3v) is 4.42. The molecule has 3 rings (SSSR count). The first-order chi connectivity index (χ1) is 10.6. The van der Waals surface area contributed by atoms with Gasteiger partial charge >= 0.3 is 0 Å². The molecule has 1 aromatic rings. The Morgan fingerprint density at radius 1 is 1.45 bits per heavy atom. The van der Waals surface area contributed by atoms with Crippen LogP contribution in [0.3, 0.4) is 0 Å². The van der Waals surface area contributed by atoms with Crippen molar-refractivity contribution >= 4 is 11.7 Å². The molecule has 2 aliphatic rings. The summed E-state index contributed by atoms with van der Waals surface area (Å²) in [6, 6.07) is 5.90. The van der Waals surface area contributed by atoms with Gasteiger partial charge in [0.15, 0.2) is 0 Å². The molecular formula is C16H20N4O2. The molecule has 6 nitrogen and oxygen atoms in total. The fourth-order valence-electron chi connectivity index (χ4n) is 3.33. The molecule has 0 aliphatic carbocycles. The summed E-state index contributed by atoms with van der Waals surface area (Å²) in [5.41, 5.74) is 1.47. The van der Waals surface area contributed by atoms with Gasteiger partial charge in [0.05, 0.1) is 24.3 Å². The first kappa shape index (κ1) is 14.8. The third-order valence-electron chi connectivity index (χ3n) is 4.42. The Balaban J connectivity index is 1.87. The second-order valence-electron chi connectivity index (χ2n) is 5.86. The van der Waals surface area contributed by atoms with E-state index in [1.807, 2.05) is 24.0 Å². The van der Waals surface area contributed by atoms with Crippen LogP contribution in [0, 0.1) is 18.3 Å². The number of aryl methyl sites for hydroxylation is 1. The number of hydrogen-bond acceptors (Lipinski definition) is 5. The van der Waals surface area contributed by atoms with Gasteiger partial charge in [0.25, 0.3) is 0 Å². The van der Waals surface area contributed by atoms with E-state index in [4.69, 9.17) is 4.74 Å². The van der Waals surface area contributed by atoms with Crippen LogP contribution in [0.2, 0.25) is 0 Å². The van der Waals surface area contributed by atoms with E-state index in [-0.39, 0.29) is 18.1 Å². The van der Waals surface area contributed by atoms with Gasteiger partial charge in [-0.15, -0.1) is 0 Å². The molecule has 2 saturated heterocycles. The van der Waals surface area contributed by atoms with Crippen LogP contribution in [-0.4, -0.2) is 54.2 Å². The van der Waals surface area contributed by atoms with Gasteiger partial charge in [0.1, 0.15) is 11.9 Å². The van der Waals surface area contributed by atoms with E-state index >= 15 is 0 Å². The van der Waals surface area contributed by atoms with E-state index in [1.165, 1.54) is 0 Å². The van der Waals surface area contributed by atoms with Gasteiger partial charge in [-0.2, -0.15) is 5.26 Å². The van der Waals surface area contributed by atoms with Gasteiger partial charge in [0.2, 0.25) is 5.91 Å². The Morgan fingerprint density at radius 2 is 2.27 bits per heavy atom. The molecular weight excluding hydrogens is 280 g/mol. The number of fused-ring (bicyclic) bond motifs is 1. The molecule has 0 N–H and O–H groups in total. The number of nitriles is 1. The van der Waals surface area contributed by atoms with Gasteiger partial charge in [-0.1, -0.05) is 0 Å². The Hall–Kier alpha value is -2.13. The second-order valence-corrected chi connectivity index (χ2v) is 5.86. The van der Waals surface area contributed by atoms with Gasteiger partial charge in [-0.05, 0) is 25.5 Å². The lowest BCUT2D eigenvalue weighted by atomic mass is 9.98. The van der Waals surface area contributed by atoms with Crippen molar-refractivity contribution in [2.45, 2.75) is 32.4 Å². The molecule has 6 heteroatoms. The van der Waals surface area contributed by atoms with Crippen molar-refractivity contribution in [1.29, 1.82) is 5.26 Å². The van der Waals surface area contributed by atoms with Crippen LogP contribution >= 0.6 is 0 Å². The predicted octanol–water partition coefficient (Wildman–Crippen LogP) is 1.09. The maximum absolute atomic E-state index is 11.9. The van der Waals surface area contributed by atoms with Gasteiger partial charge in [-0.3, -0.25) is 4.79 Å². The minimum Gasteiger partial charge on any atom is -0.374 e. The molecule has 0 radical (unpaired) electrons. The van der Waals surface area contributed by atoms with Gasteiger partial charge in [-0.25, -0.2) is 4.98 Å². The zero-order chi connectivity index (χ0) is 15.7. The van der Waals surface area contributed by atoms with Crippen molar-refractivity contribution in [3.63, 3.8) is 0 Å². The summed E-state index contributed by atoms with van der Waals surface area (Å²) in [7, 11) is 0. The van der Waals surface area contributed by atoms with E-state index in [2.05, 4.69) is 16.0 Å². The number of nitrogens with zero attached hydrogens (tertiary/aromatic N) is 4. The molecule has 2 aliphatic heterocycles. The van der Waals surface area contributed by atoms with Crippen molar-refractivity contribution in [2.24, 2.45) is 0 Å². The monoisotopic (exact) mass is 300 g/mol. The molecule has 0 saturated carbocycles. The summed E-state index contributed by atoms with van der Waals surface area (Å²) >= 11 is 0. The Morgan fingerprint density at radius 3 is 3.00 bits per heavy atom. The van der Waals surface area contributed by atoms with Gasteiger partial charge in [0, 0.05) is 32.3 Å². The maximum atomic E-state index is 11.9. The SMILES string of the molecule is CC(=O)N1CCOC2CCN(c3nc(C)ccc3C#N)CC21. The van der Waals surface area contributed by atoms with Crippen LogP contribution in [0.4, 0.5) is 5.82 Å². The summed E-state index contributed by atoms with van der Waals surface area (Å²) in [5, 5.41) is 9.31. The Kier molecular flexibility index (Phi) is 3.99. The van der Waals surface area contributed by atoms with Crippen molar-refractivity contribution in [2.75, 3.05) is 31.1 Å². The van der Waals surface area contributed by atoms with E-state index in [1.54, 1.807) is 6.92 Å². The zero-order valence-corrected chi connectivity index (χ0v) is 13.0. The number of anilines is 1. The van der Waals surface area contributed by atoms with E-state index in [0.717, 1.165) is 24.5 Å². The molecule has 0 bridgehead atoms. The molecule has 2 fully saturated rings. The highest BCUT2D eigenvalue weighted by Gasteiger charge is 2.39. The fraction of sp³-hybridized carbons (Fsp3) is 0.562. The van der Waals surface area contributed by atoms with Crippen molar-refractivity contribution in [3.8, 4) is 6.07 Å². The summed E-state index contributed by atoms with van der Waals surface area (Å²) < 4.78 is 5.82. The number of morpholine rings is 1. The maximum Gasteiger partial charge on any atom is 0.219 e. The number of rotatable bonds is 1. The Labute approximate surface area is 130 Å². The molecule has 2 unspecified atom stereocenters. The molecule has 1 aromatic heterocycles. The minimum atomic E-state index is 0.0360. The standard InChI is InChI=1S/C16H20N4O2/c1-11-3-4-13(9-17)16(18-11)19-6-5-15-14(10-19)20(12(2)21)7-8-22-15/h3-4,14-15H,5-8,10H2,1-2H3. The number of carbonyl (C=O) groups is 1. The van der Waals surface area contributed by atoms with Crippen LogP contribution in [0.15, 0.2) is 12.1 Å². The number of hydrogen-bond donors (Lipinski definition) is 0. The summed E-state index contributed by atoms with van der Waals surface area (Å²) in [6.07, 6.45) is 0.929. The average Bonchev–Trinajstić information content (AvgIpc) is 2.53. The van der Waals surface area contributed by atoms with E-state index < -0.39 is 0 Å². The van der Waals surface area contributed by atoms with Crippen LogP contribution in [0.1, 0.15) is 24.6 Å². The lowest BCUT2D eigenvalue weighted by Gasteiger charge is -2.47. The highest BCUT2D eigenvalue weighted by molar-refractivity contribution is 5.74. The zero-order valence-electron chi connectivity index (χ0n) is 13.0. The summed E-state index contributed by atoms with van der Waals surface area (Å²) in [4.78, 5) is 20.4. The quantitative estimate of drug-likeness (QED) is 0.776. The minimum absolute atomic E-state index is 0.0360. The van der Waals surface area contributed by atoms with Crippen LogP contribution < -0.4 is 4.90 Å². The number of piperidine rings is 1. The first-order valence-corrected chi connectivity index (χ1v) is 7.61. The number of carbonyl (C=O) groups excluding carboxylic acids is 1. The molecule has 1 amide bonds. The molecule has 3 heterocycles. The van der Waals surface area contributed by atoms with Gasteiger partial charge < -0.3 is 14.5 Å². The molecule has 22 heavy (non-hydrogen) atoms. The lowest BCUT2D eigenvalue weighted by molar-refractivity contribution is -0.145. The molecule has 0 aromatic carbocycles. The fourth-order valence-corrected chi connectivity index (χ4v) is 3.33. The number of amides is 1. The normalized spacial score (nSPS) is 24.6. The van der Waals surface area contributed by atoms with Crippen molar-refractivity contribution < 1.29 is 9.53 Å². The average molecular weight is 300 g/mol. The topological polar surface area (TPSA) is 69.5 Å². The summed E-state index contributed by atoms with van der Waals surface area (Å²) in [6.45, 7) is 6.22. The van der Waals surface area contributed by atoms with Crippen LogP contribution in [-0.2, 0) is 9.53 Å². The number of pyridine rings is 1. The largest absolute Gasteiger partial charge is 0.374 e. The lowest BCUT2D eigenvalue weighted by Crippen LogP contribution is -2.61. The number of aromatic nitrogens is 1. The number of ether oxygens (including phenoxy) is 1. The third kappa shape index (κ3) is 2.64. The van der Waals surface area contributed by atoms with Crippen molar-refractivity contribution in [1.82, 2.24) is 9.88 Å².